The number of rotatable bonds is 3. The second-order valence-electron chi connectivity index (χ2n) is 7.54. The van der Waals surface area contributed by atoms with Crippen LogP contribution in [-0.4, -0.2) is 11.9 Å². The van der Waals surface area contributed by atoms with Gasteiger partial charge in [0.1, 0.15) is 0 Å². The van der Waals surface area contributed by atoms with Gasteiger partial charge in [-0.1, -0.05) is 32.9 Å². The molecule has 21 heavy (non-hydrogen) atoms. The molecule has 3 atom stereocenters. The van der Waals surface area contributed by atoms with Gasteiger partial charge in [0, 0.05) is 18.2 Å². The zero-order valence-electron chi connectivity index (χ0n) is 13.3. The fraction of sp³-hybridized carbons (Fsp3) is 0.611. The van der Waals surface area contributed by atoms with E-state index in [9.17, 15) is 4.79 Å². The number of carbonyl (C=O) groups excluding carboxylic acids is 1. The van der Waals surface area contributed by atoms with Gasteiger partial charge in [-0.05, 0) is 53.7 Å². The highest BCUT2D eigenvalue weighted by Crippen LogP contribution is 2.65. The molecule has 114 valence electrons. The summed E-state index contributed by atoms with van der Waals surface area (Å²) in [4.78, 5) is 12.5. The van der Waals surface area contributed by atoms with Crippen LogP contribution in [0.5, 0.6) is 0 Å². The molecule has 3 nitrogen and oxygen atoms in total. The summed E-state index contributed by atoms with van der Waals surface area (Å²) in [6, 6.07) is 7.91. The van der Waals surface area contributed by atoms with Crippen molar-refractivity contribution in [3.8, 4) is 0 Å². The van der Waals surface area contributed by atoms with Gasteiger partial charge in [-0.25, -0.2) is 0 Å². The minimum atomic E-state index is 0.0492. The molecule has 3 rings (SSSR count). The van der Waals surface area contributed by atoms with Crippen molar-refractivity contribution in [1.29, 1.82) is 0 Å². The van der Waals surface area contributed by atoms with Crippen molar-refractivity contribution in [2.24, 2.45) is 22.5 Å². The van der Waals surface area contributed by atoms with Crippen LogP contribution in [-0.2, 0) is 6.54 Å². The third-order valence-electron chi connectivity index (χ3n) is 6.55. The van der Waals surface area contributed by atoms with Gasteiger partial charge in [-0.2, -0.15) is 0 Å². The first-order chi connectivity index (χ1) is 9.88. The Morgan fingerprint density at radius 3 is 2.43 bits per heavy atom. The lowest BCUT2D eigenvalue weighted by atomic mass is 9.69. The van der Waals surface area contributed by atoms with Crippen molar-refractivity contribution in [2.45, 2.75) is 52.6 Å². The number of nitrogens with one attached hydrogen (secondary N) is 1. The number of hydrogen-bond acceptors (Lipinski definition) is 2. The van der Waals surface area contributed by atoms with Crippen LogP contribution in [0.2, 0.25) is 0 Å². The number of hydrogen-bond donors (Lipinski definition) is 2. The van der Waals surface area contributed by atoms with E-state index in [1.165, 1.54) is 12.8 Å². The Bertz CT molecular complexity index is 549. The predicted molar refractivity (Wildman–Crippen MR) is 84.8 cm³/mol. The third-order valence-corrected chi connectivity index (χ3v) is 6.55. The topological polar surface area (TPSA) is 55.1 Å². The molecule has 0 aliphatic heterocycles. The van der Waals surface area contributed by atoms with Crippen LogP contribution in [0.1, 0.15) is 56.0 Å². The Morgan fingerprint density at radius 2 is 1.95 bits per heavy atom. The van der Waals surface area contributed by atoms with Crippen molar-refractivity contribution in [3.63, 3.8) is 0 Å². The van der Waals surface area contributed by atoms with Crippen molar-refractivity contribution in [1.82, 2.24) is 5.32 Å². The average Bonchev–Trinajstić information content (AvgIpc) is 2.80. The first kappa shape index (κ1) is 14.6. The van der Waals surface area contributed by atoms with Gasteiger partial charge in [-0.3, -0.25) is 4.79 Å². The smallest absolute Gasteiger partial charge is 0.251 e. The van der Waals surface area contributed by atoms with Crippen molar-refractivity contribution in [3.05, 3.63) is 35.4 Å². The Kier molecular flexibility index (Phi) is 3.36. The molecular weight excluding hydrogens is 260 g/mol. The maximum Gasteiger partial charge on any atom is 0.251 e. The number of amides is 1. The predicted octanol–water partition coefficient (Wildman–Crippen LogP) is 3.09. The molecule has 0 aromatic heterocycles. The van der Waals surface area contributed by atoms with Crippen LogP contribution in [0.25, 0.3) is 0 Å². The van der Waals surface area contributed by atoms with E-state index in [0.717, 1.165) is 23.5 Å². The SMILES string of the molecule is CC1(C)C2CCC1(C)C(NC(=O)c1ccc(CN)cc1)C2. The van der Waals surface area contributed by atoms with Gasteiger partial charge >= 0.3 is 0 Å². The number of fused-ring (bicyclic) bond motifs is 2. The summed E-state index contributed by atoms with van der Waals surface area (Å²) in [5, 5.41) is 3.29. The number of benzene rings is 1. The van der Waals surface area contributed by atoms with Gasteiger partial charge in [0.05, 0.1) is 0 Å². The van der Waals surface area contributed by atoms with Gasteiger partial charge in [0.15, 0.2) is 0 Å². The van der Waals surface area contributed by atoms with Crippen LogP contribution in [0.3, 0.4) is 0 Å². The first-order valence-corrected chi connectivity index (χ1v) is 7.98. The minimum Gasteiger partial charge on any atom is -0.349 e. The molecule has 2 fully saturated rings. The molecule has 0 heterocycles. The van der Waals surface area contributed by atoms with Crippen LogP contribution < -0.4 is 11.1 Å². The first-order valence-electron chi connectivity index (χ1n) is 7.98. The van der Waals surface area contributed by atoms with Crippen molar-refractivity contribution in [2.75, 3.05) is 0 Å². The molecule has 0 radical (unpaired) electrons. The largest absolute Gasteiger partial charge is 0.349 e. The lowest BCUT2D eigenvalue weighted by Crippen LogP contribution is -2.46. The highest BCUT2D eigenvalue weighted by molar-refractivity contribution is 5.94. The van der Waals surface area contributed by atoms with E-state index < -0.39 is 0 Å². The van der Waals surface area contributed by atoms with E-state index in [1.54, 1.807) is 0 Å². The van der Waals surface area contributed by atoms with Crippen molar-refractivity contribution < 1.29 is 4.79 Å². The van der Waals surface area contributed by atoms with Crippen LogP contribution in [0.4, 0.5) is 0 Å². The lowest BCUT2D eigenvalue weighted by Gasteiger charge is -2.39. The van der Waals surface area contributed by atoms with Gasteiger partial charge in [0.2, 0.25) is 0 Å². The molecule has 3 N–H and O–H groups in total. The highest BCUT2D eigenvalue weighted by atomic mass is 16.1. The molecule has 0 spiro atoms. The minimum absolute atomic E-state index is 0.0492. The maximum absolute atomic E-state index is 12.5. The van der Waals surface area contributed by atoms with E-state index >= 15 is 0 Å². The van der Waals surface area contributed by atoms with Crippen LogP contribution in [0, 0.1) is 16.7 Å². The molecule has 0 saturated heterocycles. The summed E-state index contributed by atoms with van der Waals surface area (Å²) in [6.45, 7) is 7.60. The summed E-state index contributed by atoms with van der Waals surface area (Å²) >= 11 is 0. The van der Waals surface area contributed by atoms with E-state index in [-0.39, 0.29) is 11.3 Å². The summed E-state index contributed by atoms with van der Waals surface area (Å²) < 4.78 is 0. The van der Waals surface area contributed by atoms with Crippen molar-refractivity contribution >= 4 is 5.91 Å². The average molecular weight is 286 g/mol. The standard InChI is InChI=1S/C18H26N2O/c1-17(2)14-8-9-18(17,3)15(10-14)20-16(21)13-6-4-12(11-19)5-7-13/h4-7,14-15H,8-11,19H2,1-3H3,(H,20,21). The summed E-state index contributed by atoms with van der Waals surface area (Å²) in [5.41, 5.74) is 7.94. The van der Waals surface area contributed by atoms with E-state index in [4.69, 9.17) is 5.73 Å². The Labute approximate surface area is 127 Å². The monoisotopic (exact) mass is 286 g/mol. The molecule has 2 bridgehead atoms. The molecule has 3 heteroatoms. The van der Waals surface area contributed by atoms with Crippen LogP contribution in [0.15, 0.2) is 24.3 Å². The van der Waals surface area contributed by atoms with E-state index in [0.29, 0.717) is 18.0 Å². The molecule has 2 aliphatic carbocycles. The summed E-state index contributed by atoms with van der Waals surface area (Å²) in [6.07, 6.45) is 3.65. The molecule has 1 aromatic carbocycles. The Balaban J connectivity index is 1.74. The van der Waals surface area contributed by atoms with Gasteiger partial charge in [-0.15, -0.1) is 0 Å². The molecule has 2 aliphatic rings. The molecule has 1 aromatic rings. The zero-order valence-corrected chi connectivity index (χ0v) is 13.3. The Morgan fingerprint density at radius 1 is 1.29 bits per heavy atom. The number of carbonyl (C=O) groups is 1. The Hall–Kier alpha value is -1.35. The molecule has 2 saturated carbocycles. The third kappa shape index (κ3) is 2.10. The van der Waals surface area contributed by atoms with Crippen LogP contribution >= 0.6 is 0 Å². The zero-order chi connectivity index (χ0) is 15.3. The van der Waals surface area contributed by atoms with E-state index in [1.807, 2.05) is 24.3 Å². The fourth-order valence-corrected chi connectivity index (χ4v) is 4.46. The van der Waals surface area contributed by atoms with Gasteiger partial charge < -0.3 is 11.1 Å². The molecule has 3 unspecified atom stereocenters. The molecular formula is C18H26N2O. The lowest BCUT2D eigenvalue weighted by molar-refractivity contribution is 0.0826. The fourth-order valence-electron chi connectivity index (χ4n) is 4.46. The summed E-state index contributed by atoms with van der Waals surface area (Å²) in [5.74, 6) is 0.792. The summed E-state index contributed by atoms with van der Waals surface area (Å²) in [7, 11) is 0. The normalized spacial score (nSPS) is 33.1. The quantitative estimate of drug-likeness (QED) is 0.897. The van der Waals surface area contributed by atoms with Gasteiger partial charge in [0.25, 0.3) is 5.91 Å². The second kappa shape index (κ2) is 4.84. The van der Waals surface area contributed by atoms with E-state index in [2.05, 4.69) is 26.1 Å². The maximum atomic E-state index is 12.5. The highest BCUT2D eigenvalue weighted by Gasteiger charge is 2.61. The number of nitrogens with two attached hydrogens (primary N) is 1. The molecule has 1 amide bonds. The second-order valence-corrected chi connectivity index (χ2v) is 7.54.